The van der Waals surface area contributed by atoms with Crippen molar-refractivity contribution in [3.8, 4) is 11.4 Å². The maximum absolute atomic E-state index is 12.7. The number of hydrogen-bond acceptors (Lipinski definition) is 4. The minimum Gasteiger partial charge on any atom is -0.342 e. The Morgan fingerprint density at radius 3 is 2.76 bits per heavy atom. The molecule has 1 aliphatic rings. The second-order valence-electron chi connectivity index (χ2n) is 7.31. The van der Waals surface area contributed by atoms with Gasteiger partial charge in [0.25, 0.3) is 0 Å². The Bertz CT molecular complexity index is 1010. The first-order valence-corrected chi connectivity index (χ1v) is 9.67. The molecule has 1 aromatic heterocycles. The van der Waals surface area contributed by atoms with Gasteiger partial charge in [-0.1, -0.05) is 42.5 Å². The molecule has 1 aliphatic heterocycles. The van der Waals surface area contributed by atoms with Crippen molar-refractivity contribution < 1.29 is 9.59 Å². The summed E-state index contributed by atoms with van der Waals surface area (Å²) < 4.78 is 1.82. The van der Waals surface area contributed by atoms with Gasteiger partial charge in [-0.25, -0.2) is 0 Å². The summed E-state index contributed by atoms with van der Waals surface area (Å²) in [6, 6.07) is 17.6. The van der Waals surface area contributed by atoms with Crippen LogP contribution in [0.2, 0.25) is 0 Å². The summed E-state index contributed by atoms with van der Waals surface area (Å²) in [7, 11) is 1.87. The third-order valence-electron chi connectivity index (χ3n) is 5.20. The molecule has 2 heterocycles. The van der Waals surface area contributed by atoms with Crippen molar-refractivity contribution in [3.63, 3.8) is 0 Å². The average Bonchev–Trinajstić information content (AvgIpc) is 3.33. The fourth-order valence-electron chi connectivity index (χ4n) is 3.60. The lowest BCUT2D eigenvalue weighted by Crippen LogP contribution is -2.30. The third kappa shape index (κ3) is 4.34. The van der Waals surface area contributed by atoms with Gasteiger partial charge >= 0.3 is 0 Å². The standard InChI is InChI=1S/C22H23N5O2/c1-26-15-23-25-21(26)17-8-5-9-19(12-17)24-22(29)18-13-20(28)27(14-18)11-10-16-6-3-2-4-7-16/h2-9,12,15,18H,10-11,13-14H2,1H3,(H,24,29). The molecular formula is C22H23N5O2. The lowest BCUT2D eigenvalue weighted by Gasteiger charge is -2.16. The quantitative estimate of drug-likeness (QED) is 0.703. The van der Waals surface area contributed by atoms with Gasteiger partial charge in [0.05, 0.1) is 5.92 Å². The highest BCUT2D eigenvalue weighted by Crippen LogP contribution is 2.23. The number of carbonyl (C=O) groups is 2. The number of carbonyl (C=O) groups excluding carboxylic acids is 2. The molecule has 7 nitrogen and oxygen atoms in total. The minimum atomic E-state index is -0.336. The molecule has 1 fully saturated rings. The summed E-state index contributed by atoms with van der Waals surface area (Å²) in [6.07, 6.45) is 2.68. The fourth-order valence-corrected chi connectivity index (χ4v) is 3.60. The van der Waals surface area contributed by atoms with Crippen LogP contribution in [0.15, 0.2) is 60.9 Å². The zero-order chi connectivity index (χ0) is 20.2. The number of aromatic nitrogens is 3. The maximum atomic E-state index is 12.7. The maximum Gasteiger partial charge on any atom is 0.229 e. The van der Waals surface area contributed by atoms with Crippen LogP contribution in [0.25, 0.3) is 11.4 Å². The Labute approximate surface area is 169 Å². The van der Waals surface area contributed by atoms with Crippen LogP contribution in [0, 0.1) is 5.92 Å². The van der Waals surface area contributed by atoms with Crippen molar-refractivity contribution in [2.24, 2.45) is 13.0 Å². The van der Waals surface area contributed by atoms with E-state index < -0.39 is 0 Å². The van der Waals surface area contributed by atoms with Crippen molar-refractivity contribution in [2.75, 3.05) is 18.4 Å². The van der Waals surface area contributed by atoms with Gasteiger partial charge in [-0.05, 0) is 24.1 Å². The predicted octanol–water partition coefficient (Wildman–Crippen LogP) is 2.51. The minimum absolute atomic E-state index is 0.0360. The number of hydrogen-bond donors (Lipinski definition) is 1. The lowest BCUT2D eigenvalue weighted by atomic mass is 10.1. The van der Waals surface area contributed by atoms with Crippen LogP contribution in [0.4, 0.5) is 5.69 Å². The molecule has 0 spiro atoms. The van der Waals surface area contributed by atoms with E-state index in [2.05, 4.69) is 27.6 Å². The molecule has 0 aliphatic carbocycles. The molecule has 0 saturated carbocycles. The van der Waals surface area contributed by atoms with Crippen molar-refractivity contribution in [1.29, 1.82) is 0 Å². The summed E-state index contributed by atoms with van der Waals surface area (Å²) >= 11 is 0. The van der Waals surface area contributed by atoms with Gasteiger partial charge in [0.15, 0.2) is 5.82 Å². The van der Waals surface area contributed by atoms with E-state index in [4.69, 9.17) is 0 Å². The first-order valence-electron chi connectivity index (χ1n) is 9.67. The molecule has 7 heteroatoms. The van der Waals surface area contributed by atoms with Crippen LogP contribution in [-0.4, -0.2) is 44.6 Å². The normalized spacial score (nSPS) is 16.2. The molecule has 2 amide bonds. The van der Waals surface area contributed by atoms with Gasteiger partial charge in [0.1, 0.15) is 6.33 Å². The number of nitrogens with zero attached hydrogens (tertiary/aromatic N) is 4. The summed E-state index contributed by atoms with van der Waals surface area (Å²) in [6.45, 7) is 1.09. The van der Waals surface area contributed by atoms with Crippen molar-refractivity contribution in [2.45, 2.75) is 12.8 Å². The molecule has 1 unspecified atom stereocenters. The number of likely N-dealkylation sites (tertiary alicyclic amines) is 1. The Morgan fingerprint density at radius 2 is 2.00 bits per heavy atom. The SMILES string of the molecule is Cn1cnnc1-c1cccc(NC(=O)C2CC(=O)N(CCc3ccccc3)C2)c1. The summed E-state index contributed by atoms with van der Waals surface area (Å²) in [4.78, 5) is 26.8. The monoisotopic (exact) mass is 389 g/mol. The van der Waals surface area contributed by atoms with E-state index in [0.29, 0.717) is 18.8 Å². The van der Waals surface area contributed by atoms with E-state index in [0.717, 1.165) is 17.8 Å². The Balaban J connectivity index is 1.37. The van der Waals surface area contributed by atoms with Gasteiger partial charge in [-0.15, -0.1) is 10.2 Å². The molecule has 4 rings (SSSR count). The Kier molecular flexibility index (Phi) is 5.37. The second-order valence-corrected chi connectivity index (χ2v) is 7.31. The van der Waals surface area contributed by atoms with E-state index in [1.807, 2.05) is 54.1 Å². The van der Waals surface area contributed by atoms with Crippen LogP contribution >= 0.6 is 0 Å². The van der Waals surface area contributed by atoms with Crippen LogP contribution < -0.4 is 5.32 Å². The number of nitrogens with one attached hydrogen (secondary N) is 1. The van der Waals surface area contributed by atoms with Crippen molar-refractivity contribution in [1.82, 2.24) is 19.7 Å². The predicted molar refractivity (Wildman–Crippen MR) is 110 cm³/mol. The van der Waals surface area contributed by atoms with Crippen LogP contribution in [0.1, 0.15) is 12.0 Å². The lowest BCUT2D eigenvalue weighted by molar-refractivity contribution is -0.128. The fraction of sp³-hybridized carbons (Fsp3) is 0.273. The van der Waals surface area contributed by atoms with Gasteiger partial charge in [0.2, 0.25) is 11.8 Å². The highest BCUT2D eigenvalue weighted by Gasteiger charge is 2.34. The van der Waals surface area contributed by atoms with Gasteiger partial charge in [0, 0.05) is 37.8 Å². The molecule has 148 valence electrons. The first-order chi connectivity index (χ1) is 14.1. The summed E-state index contributed by atoms with van der Waals surface area (Å²) in [5.41, 5.74) is 2.74. The van der Waals surface area contributed by atoms with E-state index in [9.17, 15) is 9.59 Å². The first kappa shape index (κ1) is 18.9. The van der Waals surface area contributed by atoms with Crippen molar-refractivity contribution >= 4 is 17.5 Å². The van der Waals surface area contributed by atoms with Gasteiger partial charge < -0.3 is 14.8 Å². The summed E-state index contributed by atoms with van der Waals surface area (Å²) in [5, 5.41) is 10.9. The molecule has 3 aromatic rings. The third-order valence-corrected chi connectivity index (χ3v) is 5.20. The topological polar surface area (TPSA) is 80.1 Å². The van der Waals surface area contributed by atoms with Gasteiger partial charge in [-0.3, -0.25) is 9.59 Å². The van der Waals surface area contributed by atoms with Gasteiger partial charge in [-0.2, -0.15) is 0 Å². The summed E-state index contributed by atoms with van der Waals surface area (Å²) in [5.74, 6) is 0.297. The number of benzene rings is 2. The van der Waals surface area contributed by atoms with Crippen LogP contribution in [-0.2, 0) is 23.1 Å². The second kappa shape index (κ2) is 8.26. The molecular weight excluding hydrogens is 366 g/mol. The Morgan fingerprint density at radius 1 is 1.17 bits per heavy atom. The molecule has 1 N–H and O–H groups in total. The average molecular weight is 389 g/mol. The molecule has 1 saturated heterocycles. The van der Waals surface area contributed by atoms with E-state index in [1.54, 1.807) is 11.2 Å². The number of aryl methyl sites for hydroxylation is 1. The van der Waals surface area contributed by atoms with Crippen LogP contribution in [0.5, 0.6) is 0 Å². The Hall–Kier alpha value is -3.48. The largest absolute Gasteiger partial charge is 0.342 e. The smallest absolute Gasteiger partial charge is 0.229 e. The zero-order valence-corrected chi connectivity index (χ0v) is 16.3. The molecule has 2 aromatic carbocycles. The molecule has 0 radical (unpaired) electrons. The number of rotatable bonds is 6. The molecule has 0 bridgehead atoms. The van der Waals surface area contributed by atoms with E-state index >= 15 is 0 Å². The number of anilines is 1. The van der Waals surface area contributed by atoms with Crippen molar-refractivity contribution in [3.05, 3.63) is 66.5 Å². The molecule has 29 heavy (non-hydrogen) atoms. The van der Waals surface area contributed by atoms with Crippen LogP contribution in [0.3, 0.4) is 0 Å². The highest BCUT2D eigenvalue weighted by atomic mass is 16.2. The zero-order valence-electron chi connectivity index (χ0n) is 16.3. The van der Waals surface area contributed by atoms with E-state index in [-0.39, 0.29) is 24.2 Å². The van der Waals surface area contributed by atoms with E-state index in [1.165, 1.54) is 5.56 Å². The number of amides is 2. The molecule has 1 atom stereocenters. The highest BCUT2D eigenvalue weighted by molar-refractivity contribution is 5.97.